The molecule has 0 heterocycles. The van der Waals surface area contributed by atoms with Crippen molar-refractivity contribution in [2.75, 3.05) is 26.2 Å². The van der Waals surface area contributed by atoms with Gasteiger partial charge in [0, 0.05) is 6.54 Å². The Kier molecular flexibility index (Phi) is 9.72. The van der Waals surface area contributed by atoms with Crippen molar-refractivity contribution in [3.63, 3.8) is 0 Å². The number of hydrogen-bond acceptors (Lipinski definition) is 3. The molecule has 2 rings (SSSR count). The smallest absolute Gasteiger partial charge is 0.234 e. The highest BCUT2D eigenvalue weighted by molar-refractivity contribution is 5.77. The molecule has 1 amide bonds. The van der Waals surface area contributed by atoms with Crippen molar-refractivity contribution >= 4 is 5.91 Å². The van der Waals surface area contributed by atoms with Crippen LogP contribution in [0.2, 0.25) is 0 Å². The van der Waals surface area contributed by atoms with Crippen LogP contribution in [0.3, 0.4) is 0 Å². The zero-order chi connectivity index (χ0) is 21.1. The molecule has 0 bridgehead atoms. The van der Waals surface area contributed by atoms with Crippen molar-refractivity contribution in [1.29, 1.82) is 0 Å². The molecule has 0 aliphatic carbocycles. The number of benzene rings is 2. The summed E-state index contributed by atoms with van der Waals surface area (Å²) < 4.78 is 5.78. The number of carbonyl (C=O) groups is 1. The summed E-state index contributed by atoms with van der Waals surface area (Å²) in [5.41, 5.74) is 2.59. The third kappa shape index (κ3) is 8.28. The number of amides is 1. The first kappa shape index (κ1) is 23.0. The van der Waals surface area contributed by atoms with Crippen LogP contribution in [0.25, 0.3) is 0 Å². The summed E-state index contributed by atoms with van der Waals surface area (Å²) in [6, 6.07) is 19.0. The van der Waals surface area contributed by atoms with Gasteiger partial charge in [0.2, 0.25) is 5.91 Å². The Morgan fingerprint density at radius 3 is 2.24 bits per heavy atom. The average Bonchev–Trinajstić information content (AvgIpc) is 2.72. The molecule has 0 aromatic heterocycles. The van der Waals surface area contributed by atoms with Gasteiger partial charge in [-0.15, -0.1) is 0 Å². The number of hydrogen-bond donors (Lipinski definition) is 1. The first-order valence-corrected chi connectivity index (χ1v) is 10.8. The van der Waals surface area contributed by atoms with E-state index in [1.54, 1.807) is 0 Å². The van der Waals surface area contributed by atoms with Crippen molar-refractivity contribution in [1.82, 2.24) is 10.2 Å². The minimum atomic E-state index is 0.104. The highest BCUT2D eigenvalue weighted by Crippen LogP contribution is 2.26. The van der Waals surface area contributed by atoms with Gasteiger partial charge in [-0.25, -0.2) is 0 Å². The van der Waals surface area contributed by atoms with E-state index >= 15 is 0 Å². The van der Waals surface area contributed by atoms with E-state index in [-0.39, 0.29) is 12.0 Å². The molecule has 0 unspecified atom stereocenters. The van der Waals surface area contributed by atoms with E-state index in [9.17, 15) is 4.79 Å². The molecule has 158 valence electrons. The van der Waals surface area contributed by atoms with Gasteiger partial charge >= 0.3 is 0 Å². The first-order valence-electron chi connectivity index (χ1n) is 10.8. The number of carbonyl (C=O) groups excluding carboxylic acids is 1. The van der Waals surface area contributed by atoms with Crippen LogP contribution >= 0.6 is 0 Å². The molecule has 1 N–H and O–H groups in total. The van der Waals surface area contributed by atoms with Gasteiger partial charge in [0.15, 0.2) is 0 Å². The van der Waals surface area contributed by atoms with E-state index in [0.29, 0.717) is 19.0 Å². The molecule has 0 saturated carbocycles. The molecule has 4 heteroatoms. The maximum atomic E-state index is 12.2. The zero-order valence-corrected chi connectivity index (χ0v) is 18.4. The molecular weight excluding hydrogens is 360 g/mol. The van der Waals surface area contributed by atoms with Crippen LogP contribution < -0.4 is 10.1 Å². The van der Waals surface area contributed by atoms with E-state index in [4.69, 9.17) is 4.74 Å². The van der Waals surface area contributed by atoms with Gasteiger partial charge in [-0.2, -0.15) is 0 Å². The fraction of sp³-hybridized carbons (Fsp3) is 0.480. The normalized spacial score (nSPS) is 12.2. The van der Waals surface area contributed by atoms with Crippen LogP contribution in [-0.4, -0.2) is 43.1 Å². The van der Waals surface area contributed by atoms with Crippen molar-refractivity contribution in [2.24, 2.45) is 0 Å². The Balaban J connectivity index is 2.00. The lowest BCUT2D eigenvalue weighted by atomic mass is 9.89. The highest BCUT2D eigenvalue weighted by atomic mass is 16.5. The Labute approximate surface area is 176 Å². The third-order valence-corrected chi connectivity index (χ3v) is 5.12. The van der Waals surface area contributed by atoms with Gasteiger partial charge in [0.25, 0.3) is 0 Å². The van der Waals surface area contributed by atoms with Crippen LogP contribution in [0.1, 0.15) is 51.2 Å². The SMILES string of the molecule is CCN(CC)CC(=O)NCC[C@@H](Cc1ccccc1)c1ccc(OC(C)C)cc1. The van der Waals surface area contributed by atoms with E-state index in [1.807, 2.05) is 32.0 Å². The lowest BCUT2D eigenvalue weighted by Crippen LogP contribution is -2.37. The molecule has 2 aromatic rings. The molecule has 0 aliphatic heterocycles. The standard InChI is InChI=1S/C25H36N2O2/c1-5-27(6-2)19-25(28)26-17-16-23(18-21-10-8-7-9-11-21)22-12-14-24(15-13-22)29-20(3)4/h7-15,20,23H,5-6,16-19H2,1-4H3,(H,26,28)/t23-/m0/s1. The summed E-state index contributed by atoms with van der Waals surface area (Å²) in [6.45, 7) is 11.2. The maximum Gasteiger partial charge on any atom is 0.234 e. The average molecular weight is 397 g/mol. The second-order valence-corrected chi connectivity index (χ2v) is 7.72. The molecule has 0 radical (unpaired) electrons. The second kappa shape index (κ2) is 12.3. The molecule has 29 heavy (non-hydrogen) atoms. The Morgan fingerprint density at radius 2 is 1.66 bits per heavy atom. The molecule has 4 nitrogen and oxygen atoms in total. The monoisotopic (exact) mass is 396 g/mol. The summed E-state index contributed by atoms with van der Waals surface area (Å²) in [4.78, 5) is 14.4. The molecular formula is C25H36N2O2. The van der Waals surface area contributed by atoms with Crippen LogP contribution in [0, 0.1) is 0 Å². The summed E-state index contributed by atoms with van der Waals surface area (Å²) >= 11 is 0. The van der Waals surface area contributed by atoms with Crippen LogP contribution in [-0.2, 0) is 11.2 Å². The third-order valence-electron chi connectivity index (χ3n) is 5.12. The minimum Gasteiger partial charge on any atom is -0.491 e. The van der Waals surface area contributed by atoms with Crippen LogP contribution in [0.4, 0.5) is 0 Å². The summed E-state index contributed by atoms with van der Waals surface area (Å²) in [6.07, 6.45) is 2.03. The van der Waals surface area contributed by atoms with Gasteiger partial charge in [0.1, 0.15) is 5.75 Å². The number of ether oxygens (including phenoxy) is 1. The van der Waals surface area contributed by atoms with E-state index in [0.717, 1.165) is 31.7 Å². The van der Waals surface area contributed by atoms with E-state index in [2.05, 4.69) is 60.5 Å². The Hall–Kier alpha value is -2.33. The predicted molar refractivity (Wildman–Crippen MR) is 121 cm³/mol. The number of nitrogens with zero attached hydrogens (tertiary/aromatic N) is 1. The van der Waals surface area contributed by atoms with Crippen LogP contribution in [0.5, 0.6) is 5.75 Å². The van der Waals surface area contributed by atoms with Crippen LogP contribution in [0.15, 0.2) is 54.6 Å². The van der Waals surface area contributed by atoms with Crippen molar-refractivity contribution < 1.29 is 9.53 Å². The fourth-order valence-electron chi connectivity index (χ4n) is 3.47. The lowest BCUT2D eigenvalue weighted by Gasteiger charge is -2.20. The van der Waals surface area contributed by atoms with E-state index < -0.39 is 0 Å². The summed E-state index contributed by atoms with van der Waals surface area (Å²) in [5.74, 6) is 1.35. The van der Waals surface area contributed by atoms with Crippen molar-refractivity contribution in [3.8, 4) is 5.75 Å². The van der Waals surface area contributed by atoms with Crippen molar-refractivity contribution in [2.45, 2.75) is 52.6 Å². The van der Waals surface area contributed by atoms with Crippen molar-refractivity contribution in [3.05, 3.63) is 65.7 Å². The van der Waals surface area contributed by atoms with Gasteiger partial charge in [-0.1, -0.05) is 56.3 Å². The Morgan fingerprint density at radius 1 is 1.00 bits per heavy atom. The predicted octanol–water partition coefficient (Wildman–Crippen LogP) is 4.65. The molecule has 1 atom stereocenters. The molecule has 2 aromatic carbocycles. The zero-order valence-electron chi connectivity index (χ0n) is 18.4. The molecule has 0 saturated heterocycles. The van der Waals surface area contributed by atoms with Gasteiger partial charge in [-0.05, 0) is 69.0 Å². The minimum absolute atomic E-state index is 0.104. The largest absolute Gasteiger partial charge is 0.491 e. The summed E-state index contributed by atoms with van der Waals surface area (Å²) in [7, 11) is 0. The fourth-order valence-corrected chi connectivity index (χ4v) is 3.47. The summed E-state index contributed by atoms with van der Waals surface area (Å²) in [5, 5.41) is 3.10. The first-order chi connectivity index (χ1) is 14.0. The van der Waals surface area contributed by atoms with Gasteiger partial charge in [-0.3, -0.25) is 9.69 Å². The molecule has 0 fully saturated rings. The topological polar surface area (TPSA) is 41.6 Å². The Bertz CT molecular complexity index is 709. The highest BCUT2D eigenvalue weighted by Gasteiger charge is 2.14. The maximum absolute atomic E-state index is 12.2. The van der Waals surface area contributed by atoms with Gasteiger partial charge in [0.05, 0.1) is 12.6 Å². The second-order valence-electron chi connectivity index (χ2n) is 7.72. The van der Waals surface area contributed by atoms with Gasteiger partial charge < -0.3 is 10.1 Å². The lowest BCUT2D eigenvalue weighted by molar-refractivity contribution is -0.122. The molecule has 0 aliphatic rings. The number of likely N-dealkylation sites (N-methyl/N-ethyl adjacent to an activating group) is 1. The van der Waals surface area contributed by atoms with E-state index in [1.165, 1.54) is 11.1 Å². The number of rotatable bonds is 12. The quantitative estimate of drug-likeness (QED) is 0.568. The number of nitrogens with one attached hydrogen (secondary N) is 1. The molecule has 0 spiro atoms.